The third kappa shape index (κ3) is 9.88. The Labute approximate surface area is 690 Å². The van der Waals surface area contributed by atoms with E-state index in [1.807, 2.05) is 0 Å². The minimum atomic E-state index is 1.11. The van der Waals surface area contributed by atoms with Crippen LogP contribution in [-0.4, -0.2) is 18.3 Å². The molecule has 4 heteroatoms. The topological polar surface area (TPSA) is 19.7 Å². The Morgan fingerprint density at radius 3 is 0.900 bits per heavy atom. The van der Waals surface area contributed by atoms with E-state index in [2.05, 4.69) is 443 Å². The van der Waals surface area contributed by atoms with Crippen molar-refractivity contribution in [3.63, 3.8) is 0 Å². The van der Waals surface area contributed by atoms with E-state index >= 15 is 0 Å². The molecule has 26 rings (SSSR count). The first-order valence-corrected chi connectivity index (χ1v) is 41.6. The molecule has 0 saturated carbocycles. The maximum Gasteiger partial charge on any atom is 0.0547 e. The lowest BCUT2D eigenvalue weighted by Gasteiger charge is -2.18. The number of hydrogen-bond acceptors (Lipinski definition) is 0. The van der Waals surface area contributed by atoms with Crippen molar-refractivity contribution in [3.8, 4) is 78.4 Å². The number of hydrogen-bond donors (Lipinski definition) is 0. The van der Waals surface area contributed by atoms with Crippen molar-refractivity contribution in [2.75, 3.05) is 0 Å². The standard InChI is InChI=1S/C116H70N4/c1-3-23-81(24-4-1)117-108-37-19-16-34-93(108)103-65-77(49-60-110(103)117)79-45-56-95-92-33-15-18-36-107(92)119(113(95)67-79)83-53-41-74(42-54-83)100-70-106-90-32-14-13-31-89(90)101-63-75(47-59-98(101)116(106)115-86-28-10-8-22-72(86)44-58-97(100)115)76-48-62-112-105(64-76)96-57-46-80(78-50-61-111-104(66-78)94-35-17-20-38-109(94)118(111)82-25-5-2-6-26-82)68-114(96)120(112)84-51-39-73(40-52-84)99-69-102-85-27-9-7-21-71(85)43-55-91(102)87-29-11-12-30-88(87)99/h1-70H. The van der Waals surface area contributed by atoms with E-state index in [-0.39, 0.29) is 0 Å². The van der Waals surface area contributed by atoms with Crippen LogP contribution in [0.25, 0.3) is 252 Å². The number of nitrogens with zero attached hydrogens (tertiary/aromatic N) is 4. The molecule has 0 unspecified atom stereocenters. The molecule has 0 radical (unpaired) electrons. The predicted octanol–water partition coefficient (Wildman–Crippen LogP) is 31.6. The van der Waals surface area contributed by atoms with Gasteiger partial charge in [-0.15, -0.1) is 0 Å². The van der Waals surface area contributed by atoms with E-state index < -0.39 is 0 Å². The summed E-state index contributed by atoms with van der Waals surface area (Å²) in [6.45, 7) is 0. The molecule has 0 fully saturated rings. The van der Waals surface area contributed by atoms with Crippen molar-refractivity contribution in [1.82, 2.24) is 18.3 Å². The summed E-state index contributed by atoms with van der Waals surface area (Å²) in [6, 6.07) is 159. The number of rotatable bonds is 9. The SMILES string of the molecule is c1ccc(-n2c3ccccc3c3cc(-c4ccc5c6ccccc6n(-c6ccc(-c7cc8c9ccccc9c9cc(-c%10ccc%11c(c%10)c%10ccc(-c%12ccc%13c(c%12)c%12ccccc%12n%13-c%12ccccc%12)cc%10n%11-c%10ccc(-c%11cc%12c%13ccccc%13ccc%12c%12ccccc%11%12)cc%10)ccc9c8c8c7ccc7ccccc78)cc6)c5c4)ccc32)cc1. The second-order valence-electron chi connectivity index (χ2n) is 32.5. The lowest BCUT2D eigenvalue weighted by molar-refractivity contribution is 1.18. The molecular weight excluding hydrogens is 1450 g/mol. The first-order chi connectivity index (χ1) is 59.5. The Kier molecular flexibility index (Phi) is 14.3. The Morgan fingerprint density at radius 1 is 0.117 bits per heavy atom. The molecule has 4 nitrogen and oxygen atoms in total. The van der Waals surface area contributed by atoms with E-state index in [1.54, 1.807) is 0 Å². The van der Waals surface area contributed by atoms with Gasteiger partial charge in [-0.1, -0.05) is 291 Å². The van der Waals surface area contributed by atoms with Gasteiger partial charge < -0.3 is 18.3 Å². The van der Waals surface area contributed by atoms with Gasteiger partial charge in [-0.05, 0) is 275 Å². The van der Waals surface area contributed by atoms with Crippen LogP contribution in [0.2, 0.25) is 0 Å². The number of benzene rings is 22. The van der Waals surface area contributed by atoms with Crippen LogP contribution in [0, 0.1) is 0 Å². The monoisotopic (exact) mass is 1520 g/mol. The zero-order valence-corrected chi connectivity index (χ0v) is 65.2. The zero-order chi connectivity index (χ0) is 78.4. The van der Waals surface area contributed by atoms with Crippen LogP contribution in [0.3, 0.4) is 0 Å². The summed E-state index contributed by atoms with van der Waals surface area (Å²) >= 11 is 0. The summed E-state index contributed by atoms with van der Waals surface area (Å²) < 4.78 is 9.76. The fourth-order valence-corrected chi connectivity index (χ4v) is 20.8. The van der Waals surface area contributed by atoms with Gasteiger partial charge in [0.15, 0.2) is 0 Å². The van der Waals surface area contributed by atoms with Gasteiger partial charge in [-0.25, -0.2) is 0 Å². The molecule has 22 aromatic carbocycles. The van der Waals surface area contributed by atoms with E-state index in [0.29, 0.717) is 0 Å². The lowest BCUT2D eigenvalue weighted by Crippen LogP contribution is -1.95. The fourth-order valence-electron chi connectivity index (χ4n) is 20.8. The Hall–Kier alpha value is -15.9. The highest BCUT2D eigenvalue weighted by Gasteiger charge is 2.24. The van der Waals surface area contributed by atoms with Crippen molar-refractivity contribution < 1.29 is 0 Å². The maximum atomic E-state index is 2.50. The first kappa shape index (κ1) is 66.4. The van der Waals surface area contributed by atoms with Crippen LogP contribution in [0.4, 0.5) is 0 Å². The van der Waals surface area contributed by atoms with Crippen LogP contribution < -0.4 is 0 Å². The van der Waals surface area contributed by atoms with E-state index in [9.17, 15) is 0 Å². The largest absolute Gasteiger partial charge is 0.309 e. The molecule has 4 heterocycles. The molecule has 26 aromatic rings. The minimum Gasteiger partial charge on any atom is -0.309 e. The Balaban J connectivity index is 0.613. The van der Waals surface area contributed by atoms with Crippen molar-refractivity contribution in [3.05, 3.63) is 425 Å². The minimum absolute atomic E-state index is 1.11. The molecule has 0 aliphatic heterocycles. The molecule has 0 aliphatic rings. The van der Waals surface area contributed by atoms with Gasteiger partial charge in [0.25, 0.3) is 0 Å². The summed E-state index contributed by atoms with van der Waals surface area (Å²) in [7, 11) is 0. The van der Waals surface area contributed by atoms with Crippen LogP contribution in [0.15, 0.2) is 425 Å². The normalized spacial score (nSPS) is 12.2. The number of fused-ring (bicyclic) bond motifs is 27. The summed E-state index contributed by atoms with van der Waals surface area (Å²) in [5.74, 6) is 0. The van der Waals surface area contributed by atoms with Gasteiger partial charge >= 0.3 is 0 Å². The average Bonchev–Trinajstić information content (AvgIpc) is 1.52. The summed E-state index contributed by atoms with van der Waals surface area (Å²) in [4.78, 5) is 0. The molecule has 554 valence electrons. The smallest absolute Gasteiger partial charge is 0.0547 e. The zero-order valence-electron chi connectivity index (χ0n) is 65.2. The van der Waals surface area contributed by atoms with Crippen molar-refractivity contribution in [2.24, 2.45) is 0 Å². The van der Waals surface area contributed by atoms with Crippen molar-refractivity contribution >= 4 is 173 Å². The number of aromatic nitrogens is 4. The number of para-hydroxylation sites is 5. The van der Waals surface area contributed by atoms with Crippen LogP contribution >= 0.6 is 0 Å². The molecule has 120 heavy (non-hydrogen) atoms. The van der Waals surface area contributed by atoms with Gasteiger partial charge in [-0.3, -0.25) is 0 Å². The lowest BCUT2D eigenvalue weighted by atomic mass is 9.85. The fraction of sp³-hybridized carbons (Fsp3) is 0. The highest BCUT2D eigenvalue weighted by molar-refractivity contribution is 6.37. The maximum absolute atomic E-state index is 2.50. The summed E-state index contributed by atoms with van der Waals surface area (Å²) in [6.07, 6.45) is 0. The first-order valence-electron chi connectivity index (χ1n) is 41.6. The third-order valence-electron chi connectivity index (χ3n) is 26.3. The van der Waals surface area contributed by atoms with Gasteiger partial charge in [0.2, 0.25) is 0 Å². The summed E-state index contributed by atoms with van der Waals surface area (Å²) in [5, 5.41) is 29.8. The highest BCUT2D eigenvalue weighted by Crippen LogP contribution is 2.49. The molecule has 0 amide bonds. The molecule has 0 bridgehead atoms. The second kappa shape index (κ2) is 25.8. The molecule has 0 spiro atoms. The van der Waals surface area contributed by atoms with Crippen LogP contribution in [0.1, 0.15) is 0 Å². The molecule has 0 saturated heterocycles. The second-order valence-corrected chi connectivity index (χ2v) is 32.5. The van der Waals surface area contributed by atoms with E-state index in [1.165, 1.54) is 212 Å². The molecule has 0 atom stereocenters. The average molecular weight is 1520 g/mol. The van der Waals surface area contributed by atoms with Gasteiger partial charge in [0.05, 0.1) is 44.1 Å². The summed E-state index contributed by atoms with van der Waals surface area (Å²) in [5.41, 5.74) is 25.8. The van der Waals surface area contributed by atoms with Crippen LogP contribution in [0.5, 0.6) is 0 Å². The van der Waals surface area contributed by atoms with Crippen molar-refractivity contribution in [1.29, 1.82) is 0 Å². The molecule has 0 N–H and O–H groups in total. The Bertz CT molecular complexity index is 8880. The molecule has 4 aromatic heterocycles. The highest BCUT2D eigenvalue weighted by atomic mass is 15.0. The van der Waals surface area contributed by atoms with Gasteiger partial charge in [0.1, 0.15) is 0 Å². The predicted molar refractivity (Wildman–Crippen MR) is 511 cm³/mol. The van der Waals surface area contributed by atoms with Gasteiger partial charge in [-0.2, -0.15) is 0 Å². The van der Waals surface area contributed by atoms with Crippen LogP contribution in [-0.2, 0) is 0 Å². The van der Waals surface area contributed by atoms with Crippen molar-refractivity contribution in [2.45, 2.75) is 0 Å². The van der Waals surface area contributed by atoms with E-state index in [0.717, 1.165) is 39.3 Å². The van der Waals surface area contributed by atoms with E-state index in [4.69, 9.17) is 0 Å². The molecular formula is C116H70N4. The Morgan fingerprint density at radius 2 is 0.392 bits per heavy atom. The van der Waals surface area contributed by atoms with Gasteiger partial charge in [0, 0.05) is 65.8 Å². The third-order valence-corrected chi connectivity index (χ3v) is 26.3. The molecule has 0 aliphatic carbocycles. The quantitative estimate of drug-likeness (QED) is 0.128.